The lowest BCUT2D eigenvalue weighted by Crippen LogP contribution is -2.55. The average Bonchev–Trinajstić information content (AvgIpc) is 2.85. The third-order valence-corrected chi connectivity index (χ3v) is 4.77. The van der Waals surface area contributed by atoms with Crippen LogP contribution < -0.4 is 0 Å². The molecule has 3 atom stereocenters. The summed E-state index contributed by atoms with van der Waals surface area (Å²) in [5, 5.41) is 3.12. The van der Waals surface area contributed by atoms with E-state index in [0.717, 1.165) is 13.8 Å². The highest BCUT2D eigenvalue weighted by Crippen LogP contribution is 2.33. The minimum Gasteiger partial charge on any atom is -0.462 e. The molecule has 0 unspecified atom stereocenters. The highest BCUT2D eigenvalue weighted by molar-refractivity contribution is 5.89. The van der Waals surface area contributed by atoms with Gasteiger partial charge in [0.25, 0.3) is 5.92 Å². The smallest absolute Gasteiger partial charge is 0.338 e. The molecule has 0 saturated carbocycles. The Morgan fingerprint density at radius 3 is 2.11 bits per heavy atom. The molecule has 10 nitrogen and oxygen atoms in total. The van der Waals surface area contributed by atoms with E-state index in [1.807, 2.05) is 0 Å². The fourth-order valence-corrected chi connectivity index (χ4v) is 3.11. The normalized spacial score (nSPS) is 13.4. The summed E-state index contributed by atoms with van der Waals surface area (Å²) in [7, 11) is 0. The van der Waals surface area contributed by atoms with Gasteiger partial charge < -0.3 is 18.9 Å². The summed E-state index contributed by atoms with van der Waals surface area (Å²) in [5.74, 6) is -6.70. The molecule has 0 saturated heterocycles. The predicted octanol–water partition coefficient (Wildman–Crippen LogP) is 4.24. The number of benzene rings is 2. The molecule has 0 radical (unpaired) electrons. The number of rotatable bonds is 13. The maximum Gasteiger partial charge on any atom is 0.338 e. The van der Waals surface area contributed by atoms with Crippen molar-refractivity contribution in [1.82, 2.24) is 0 Å². The Labute approximate surface area is 205 Å². The van der Waals surface area contributed by atoms with Gasteiger partial charge in [-0.25, -0.2) is 13.6 Å². The van der Waals surface area contributed by atoms with Crippen molar-refractivity contribution in [3.63, 3.8) is 0 Å². The van der Waals surface area contributed by atoms with Crippen LogP contribution in [-0.2, 0) is 35.1 Å². The molecule has 0 aliphatic heterocycles. The van der Waals surface area contributed by atoms with Gasteiger partial charge >= 0.3 is 17.9 Å². The largest absolute Gasteiger partial charge is 0.462 e. The highest BCUT2D eigenvalue weighted by atomic mass is 19.3. The van der Waals surface area contributed by atoms with Gasteiger partial charge in [0.05, 0.1) is 12.2 Å². The molecule has 0 aliphatic rings. The van der Waals surface area contributed by atoms with Gasteiger partial charge in [-0.15, -0.1) is 0 Å². The number of carbonyl (C=O) groups excluding carboxylic acids is 3. The SMILES string of the molecule is CC(=O)OC[C@H](OC(C)=O)[C@@H](OCc1ccccc1)C(F)(F)[C@@H](COC(=O)c1ccccc1)N=[N+]=[N-]. The number of nitrogens with zero attached hydrogens (tertiary/aromatic N) is 3. The van der Waals surface area contributed by atoms with E-state index in [1.54, 1.807) is 48.5 Å². The van der Waals surface area contributed by atoms with Gasteiger partial charge in [-0.2, -0.15) is 0 Å². The van der Waals surface area contributed by atoms with Gasteiger partial charge in [0.2, 0.25) is 0 Å². The quantitative estimate of drug-likeness (QED) is 0.131. The van der Waals surface area contributed by atoms with Crippen molar-refractivity contribution in [2.75, 3.05) is 13.2 Å². The minimum atomic E-state index is -4.04. The van der Waals surface area contributed by atoms with Crippen LogP contribution in [0.15, 0.2) is 65.8 Å². The standard InChI is InChI=1S/C24H25F2N3O7/c1-16(30)33-14-20(36-17(2)31)22(34-13-18-9-5-3-6-10-18)24(25,26)21(28-29-27)15-35-23(32)19-11-7-4-8-12-19/h3-12,20-22H,13-15H2,1-2H3/t20-,21+,22+/m0/s1. The van der Waals surface area contributed by atoms with Crippen LogP contribution in [0.2, 0.25) is 0 Å². The minimum absolute atomic E-state index is 0.102. The first-order chi connectivity index (χ1) is 17.1. The van der Waals surface area contributed by atoms with Gasteiger partial charge in [0.1, 0.15) is 19.3 Å². The van der Waals surface area contributed by atoms with E-state index in [4.69, 9.17) is 24.5 Å². The first-order valence-electron chi connectivity index (χ1n) is 10.8. The van der Waals surface area contributed by atoms with Gasteiger partial charge in [-0.1, -0.05) is 53.6 Å². The summed E-state index contributed by atoms with van der Waals surface area (Å²) >= 11 is 0. The van der Waals surface area contributed by atoms with E-state index in [0.29, 0.717) is 5.56 Å². The van der Waals surface area contributed by atoms with Crippen molar-refractivity contribution in [1.29, 1.82) is 0 Å². The first-order valence-corrected chi connectivity index (χ1v) is 10.8. The molecule has 0 aromatic heterocycles. The number of hydrogen-bond acceptors (Lipinski definition) is 8. The predicted molar refractivity (Wildman–Crippen MR) is 122 cm³/mol. The Morgan fingerprint density at radius 2 is 1.56 bits per heavy atom. The van der Waals surface area contributed by atoms with Crippen molar-refractivity contribution in [2.24, 2.45) is 5.11 Å². The van der Waals surface area contributed by atoms with Gasteiger partial charge in [-0.3, -0.25) is 9.59 Å². The number of azide groups is 1. The van der Waals surface area contributed by atoms with E-state index < -0.39 is 55.3 Å². The molecule has 0 N–H and O–H groups in total. The molecular formula is C24H25F2N3O7. The molecule has 0 bridgehead atoms. The van der Waals surface area contributed by atoms with Gasteiger partial charge in [0, 0.05) is 18.8 Å². The second kappa shape index (κ2) is 13.8. The van der Waals surface area contributed by atoms with Crippen LogP contribution in [0.4, 0.5) is 8.78 Å². The van der Waals surface area contributed by atoms with E-state index in [9.17, 15) is 14.4 Å². The molecule has 36 heavy (non-hydrogen) atoms. The van der Waals surface area contributed by atoms with Crippen LogP contribution in [0.5, 0.6) is 0 Å². The summed E-state index contributed by atoms with van der Waals surface area (Å²) < 4.78 is 51.9. The Hall–Kier alpha value is -4.02. The molecule has 0 heterocycles. The molecule has 2 aromatic carbocycles. The van der Waals surface area contributed by atoms with Crippen molar-refractivity contribution < 1.29 is 42.1 Å². The molecule has 12 heteroatoms. The number of carbonyl (C=O) groups is 3. The van der Waals surface area contributed by atoms with Crippen molar-refractivity contribution in [3.05, 3.63) is 82.2 Å². The summed E-state index contributed by atoms with van der Waals surface area (Å²) in [4.78, 5) is 37.7. The van der Waals surface area contributed by atoms with Crippen LogP contribution >= 0.6 is 0 Å². The van der Waals surface area contributed by atoms with Crippen LogP contribution in [-0.4, -0.2) is 55.3 Å². The monoisotopic (exact) mass is 505 g/mol. The van der Waals surface area contributed by atoms with E-state index in [-0.39, 0.29) is 12.2 Å². The van der Waals surface area contributed by atoms with Crippen LogP contribution in [0, 0.1) is 0 Å². The topological polar surface area (TPSA) is 137 Å². The number of halogens is 2. The van der Waals surface area contributed by atoms with Gasteiger partial charge in [0.15, 0.2) is 12.2 Å². The molecule has 0 amide bonds. The Morgan fingerprint density at radius 1 is 0.944 bits per heavy atom. The molecule has 192 valence electrons. The summed E-state index contributed by atoms with van der Waals surface area (Å²) in [5.41, 5.74) is 9.54. The first kappa shape index (κ1) is 28.2. The summed E-state index contributed by atoms with van der Waals surface area (Å²) in [6, 6.07) is 13.7. The second-order valence-corrected chi connectivity index (χ2v) is 7.53. The fourth-order valence-electron chi connectivity index (χ4n) is 3.11. The number of alkyl halides is 2. The molecular weight excluding hydrogens is 480 g/mol. The van der Waals surface area contributed by atoms with Crippen molar-refractivity contribution in [3.8, 4) is 0 Å². The zero-order chi connectivity index (χ0) is 26.6. The van der Waals surface area contributed by atoms with E-state index >= 15 is 8.78 Å². The van der Waals surface area contributed by atoms with Crippen molar-refractivity contribution >= 4 is 17.9 Å². The molecule has 2 rings (SSSR count). The zero-order valence-corrected chi connectivity index (χ0v) is 19.6. The number of hydrogen-bond donors (Lipinski definition) is 0. The highest BCUT2D eigenvalue weighted by Gasteiger charge is 2.53. The maximum absolute atomic E-state index is 15.8. The van der Waals surface area contributed by atoms with Crippen LogP contribution in [0.3, 0.4) is 0 Å². The lowest BCUT2D eigenvalue weighted by molar-refractivity contribution is -0.215. The third-order valence-electron chi connectivity index (χ3n) is 4.77. The third kappa shape index (κ3) is 8.64. The Kier molecular flexibility index (Phi) is 10.8. The Bertz CT molecular complexity index is 1060. The molecule has 0 fully saturated rings. The molecule has 2 aromatic rings. The van der Waals surface area contributed by atoms with Crippen LogP contribution in [0.1, 0.15) is 29.8 Å². The zero-order valence-electron chi connectivity index (χ0n) is 19.6. The summed E-state index contributed by atoms with van der Waals surface area (Å²) in [6.07, 6.45) is -4.02. The maximum atomic E-state index is 15.8. The second-order valence-electron chi connectivity index (χ2n) is 7.53. The Balaban J connectivity index is 2.34. The lowest BCUT2D eigenvalue weighted by Gasteiger charge is -2.35. The van der Waals surface area contributed by atoms with Gasteiger partial charge in [-0.05, 0) is 23.2 Å². The molecule has 0 spiro atoms. The number of esters is 3. The van der Waals surface area contributed by atoms with Crippen LogP contribution in [0.25, 0.3) is 10.4 Å². The summed E-state index contributed by atoms with van der Waals surface area (Å²) in [6.45, 7) is -0.0624. The number of ether oxygens (including phenoxy) is 4. The van der Waals surface area contributed by atoms with Crippen molar-refractivity contribution in [2.45, 2.75) is 44.6 Å². The van der Waals surface area contributed by atoms with E-state index in [1.165, 1.54) is 12.1 Å². The molecule has 0 aliphatic carbocycles. The lowest BCUT2D eigenvalue weighted by atomic mass is 10.00. The fraction of sp³-hybridized carbons (Fsp3) is 0.375. The average molecular weight is 505 g/mol. The van der Waals surface area contributed by atoms with E-state index in [2.05, 4.69) is 10.0 Å².